The van der Waals surface area contributed by atoms with Crippen LogP contribution in [0.3, 0.4) is 0 Å². The minimum absolute atomic E-state index is 0.246. The molecule has 0 amide bonds. The maximum absolute atomic E-state index is 4.51. The summed E-state index contributed by atoms with van der Waals surface area (Å²) in [5, 5.41) is 3.44. The summed E-state index contributed by atoms with van der Waals surface area (Å²) in [6, 6.07) is 4.17. The number of hydrogen-bond donors (Lipinski definition) is 1. The van der Waals surface area contributed by atoms with Crippen LogP contribution in [0.4, 0.5) is 5.82 Å². The van der Waals surface area contributed by atoms with E-state index in [4.69, 9.17) is 0 Å². The Labute approximate surface area is 123 Å². The molecule has 0 bridgehead atoms. The van der Waals surface area contributed by atoms with E-state index in [1.54, 1.807) is 0 Å². The van der Waals surface area contributed by atoms with E-state index in [-0.39, 0.29) is 5.54 Å². The van der Waals surface area contributed by atoms with Crippen LogP contribution in [0.25, 0.3) is 0 Å². The van der Waals surface area contributed by atoms with E-state index in [1.807, 2.05) is 12.4 Å². The predicted molar refractivity (Wildman–Crippen MR) is 82.1 cm³/mol. The van der Waals surface area contributed by atoms with Crippen molar-refractivity contribution < 1.29 is 0 Å². The quantitative estimate of drug-likeness (QED) is 0.926. The van der Waals surface area contributed by atoms with Crippen molar-refractivity contribution in [2.24, 2.45) is 11.8 Å². The molecule has 1 saturated carbocycles. The van der Waals surface area contributed by atoms with E-state index >= 15 is 0 Å². The molecule has 2 aliphatic rings. The molecule has 19 heavy (non-hydrogen) atoms. The van der Waals surface area contributed by atoms with Gasteiger partial charge in [0.15, 0.2) is 0 Å². The van der Waals surface area contributed by atoms with Crippen LogP contribution in [0.1, 0.15) is 19.8 Å². The van der Waals surface area contributed by atoms with Crippen molar-refractivity contribution in [2.45, 2.75) is 25.3 Å². The van der Waals surface area contributed by atoms with E-state index in [0.29, 0.717) is 0 Å². The molecule has 1 aromatic heterocycles. The number of hydrogen-bond acceptors (Lipinski definition) is 3. The van der Waals surface area contributed by atoms with E-state index in [2.05, 4.69) is 56.8 Å². The highest BCUT2D eigenvalue weighted by Crippen LogP contribution is 2.44. The maximum atomic E-state index is 4.51. The summed E-state index contributed by atoms with van der Waals surface area (Å²) in [5.41, 5.74) is 0.246. The topological polar surface area (TPSA) is 28.2 Å². The van der Waals surface area contributed by atoms with Crippen LogP contribution in [0.2, 0.25) is 0 Å². The Morgan fingerprint density at radius 1 is 1.42 bits per heavy atom. The number of halogens is 1. The molecule has 1 aliphatic heterocycles. The largest absolute Gasteiger partial charge is 0.386 e. The third-order valence-corrected chi connectivity index (χ3v) is 4.96. The first-order chi connectivity index (χ1) is 9.09. The molecule has 2 atom stereocenters. The zero-order chi connectivity index (χ0) is 13.5. The van der Waals surface area contributed by atoms with Gasteiger partial charge in [-0.3, -0.25) is 0 Å². The maximum Gasteiger partial charge on any atom is 0.128 e. The molecule has 0 aromatic carbocycles. The fourth-order valence-corrected chi connectivity index (χ4v) is 3.98. The highest BCUT2D eigenvalue weighted by Gasteiger charge is 2.46. The fourth-order valence-electron chi connectivity index (χ4n) is 3.75. The second-order valence-corrected chi connectivity index (χ2v) is 6.99. The molecular weight excluding hydrogens is 302 g/mol. The number of nitrogens with one attached hydrogen (secondary N) is 1. The summed E-state index contributed by atoms with van der Waals surface area (Å²) in [4.78, 5) is 6.93. The van der Waals surface area contributed by atoms with E-state index in [1.165, 1.54) is 12.8 Å². The van der Waals surface area contributed by atoms with Crippen LogP contribution < -0.4 is 10.2 Å². The summed E-state index contributed by atoms with van der Waals surface area (Å²) in [6.45, 7) is 8.38. The number of aromatic nitrogens is 1. The van der Waals surface area contributed by atoms with Crippen molar-refractivity contribution in [3.8, 4) is 0 Å². The van der Waals surface area contributed by atoms with Crippen molar-refractivity contribution in [1.29, 1.82) is 0 Å². The van der Waals surface area contributed by atoms with Gasteiger partial charge in [0.2, 0.25) is 0 Å². The Balaban J connectivity index is 1.68. The fraction of sp³-hybridized carbons (Fsp3) is 0.533. The highest BCUT2D eigenvalue weighted by molar-refractivity contribution is 9.10. The zero-order valence-corrected chi connectivity index (χ0v) is 12.9. The van der Waals surface area contributed by atoms with Gasteiger partial charge in [0.1, 0.15) is 5.82 Å². The molecule has 1 saturated heterocycles. The molecule has 1 aromatic rings. The van der Waals surface area contributed by atoms with Gasteiger partial charge in [0, 0.05) is 29.3 Å². The molecular formula is C15H20BrN3. The summed E-state index contributed by atoms with van der Waals surface area (Å²) >= 11 is 3.44. The zero-order valence-electron chi connectivity index (χ0n) is 11.3. The Kier molecular flexibility index (Phi) is 3.29. The summed E-state index contributed by atoms with van der Waals surface area (Å²) < 4.78 is 1.04. The van der Waals surface area contributed by atoms with Crippen LogP contribution in [0, 0.1) is 11.8 Å². The molecule has 2 unspecified atom stereocenters. The molecule has 0 spiro atoms. The third kappa shape index (κ3) is 2.50. The molecule has 0 radical (unpaired) electrons. The number of fused-ring (bicyclic) bond motifs is 1. The normalized spacial score (nSPS) is 33.3. The summed E-state index contributed by atoms with van der Waals surface area (Å²) in [6.07, 6.45) is 6.19. The van der Waals surface area contributed by atoms with Crippen LogP contribution in [-0.4, -0.2) is 23.6 Å². The number of pyridine rings is 1. The van der Waals surface area contributed by atoms with Gasteiger partial charge >= 0.3 is 0 Å². The van der Waals surface area contributed by atoms with Crippen LogP contribution in [0.5, 0.6) is 0 Å². The highest BCUT2D eigenvalue weighted by atomic mass is 79.9. The van der Waals surface area contributed by atoms with Gasteiger partial charge < -0.3 is 10.2 Å². The lowest BCUT2D eigenvalue weighted by atomic mass is 9.98. The first-order valence-electron chi connectivity index (χ1n) is 6.85. The second-order valence-electron chi connectivity index (χ2n) is 6.08. The molecule has 2 fully saturated rings. The lowest BCUT2D eigenvalue weighted by molar-refractivity contribution is 0.387. The smallest absolute Gasteiger partial charge is 0.128 e. The van der Waals surface area contributed by atoms with Crippen molar-refractivity contribution in [2.75, 3.05) is 18.0 Å². The van der Waals surface area contributed by atoms with E-state index in [9.17, 15) is 0 Å². The molecule has 1 N–H and O–H groups in total. The molecule has 2 heterocycles. The van der Waals surface area contributed by atoms with Crippen molar-refractivity contribution in [1.82, 2.24) is 10.3 Å². The lowest BCUT2D eigenvalue weighted by Gasteiger charge is -2.28. The minimum atomic E-state index is 0.246. The Morgan fingerprint density at radius 3 is 2.63 bits per heavy atom. The van der Waals surface area contributed by atoms with Crippen LogP contribution in [0.15, 0.2) is 35.6 Å². The van der Waals surface area contributed by atoms with Crippen molar-refractivity contribution in [3.05, 3.63) is 35.6 Å². The Hall–Kier alpha value is -1.03. The number of anilines is 1. The third-order valence-electron chi connectivity index (χ3n) is 4.49. The molecule has 102 valence electrons. The monoisotopic (exact) mass is 321 g/mol. The molecule has 4 heteroatoms. The first kappa shape index (κ1) is 13.0. The van der Waals surface area contributed by atoms with Gasteiger partial charge in [-0.1, -0.05) is 6.58 Å². The number of rotatable bonds is 3. The van der Waals surface area contributed by atoms with Crippen LogP contribution in [-0.2, 0) is 0 Å². The second kappa shape index (κ2) is 4.82. The van der Waals surface area contributed by atoms with E-state index < -0.39 is 0 Å². The van der Waals surface area contributed by atoms with Gasteiger partial charge in [0.25, 0.3) is 0 Å². The van der Waals surface area contributed by atoms with Crippen molar-refractivity contribution in [3.63, 3.8) is 0 Å². The van der Waals surface area contributed by atoms with Gasteiger partial charge in [-0.2, -0.15) is 0 Å². The van der Waals surface area contributed by atoms with Gasteiger partial charge in [0.05, 0.1) is 0 Å². The molecule has 3 nitrogen and oxygen atoms in total. The van der Waals surface area contributed by atoms with Gasteiger partial charge in [-0.05, 0) is 65.9 Å². The Morgan fingerprint density at radius 2 is 2.11 bits per heavy atom. The van der Waals surface area contributed by atoms with E-state index in [0.717, 1.165) is 35.2 Å². The Bertz CT molecular complexity index is 457. The average molecular weight is 322 g/mol. The lowest BCUT2D eigenvalue weighted by Crippen LogP contribution is -2.38. The summed E-state index contributed by atoms with van der Waals surface area (Å²) in [7, 11) is 0. The molecule has 1 aliphatic carbocycles. The van der Waals surface area contributed by atoms with Crippen LogP contribution >= 0.6 is 15.9 Å². The SMILES string of the molecule is C=CNC1(C)CC2CN(c3ccc(Br)cn3)CC2C1. The standard InChI is InChI=1S/C15H20BrN3/c1-3-18-15(2)6-11-9-19(10-12(11)7-15)14-5-4-13(16)8-17-14/h3-5,8,11-12,18H,1,6-7,9-10H2,2H3. The first-order valence-corrected chi connectivity index (χ1v) is 7.64. The van der Waals surface area contributed by atoms with Gasteiger partial charge in [-0.15, -0.1) is 0 Å². The van der Waals surface area contributed by atoms with Crippen molar-refractivity contribution >= 4 is 21.7 Å². The predicted octanol–water partition coefficient (Wildman–Crippen LogP) is 3.18. The number of nitrogens with zero attached hydrogens (tertiary/aromatic N) is 2. The summed E-state index contributed by atoms with van der Waals surface area (Å²) in [5.74, 6) is 2.67. The molecule has 3 rings (SSSR count). The van der Waals surface area contributed by atoms with Gasteiger partial charge in [-0.25, -0.2) is 4.98 Å². The average Bonchev–Trinajstić information content (AvgIpc) is 2.85. The minimum Gasteiger partial charge on any atom is -0.386 e.